The summed E-state index contributed by atoms with van der Waals surface area (Å²) in [7, 11) is 0. The van der Waals surface area contributed by atoms with Crippen LogP contribution in [0.5, 0.6) is 0 Å². The number of hydrogen-bond acceptors (Lipinski definition) is 5. The van der Waals surface area contributed by atoms with Gasteiger partial charge in [-0.05, 0) is 18.2 Å². The third-order valence-corrected chi connectivity index (χ3v) is 4.17. The number of aromatic amines is 1. The summed E-state index contributed by atoms with van der Waals surface area (Å²) in [4.78, 5) is 32.8. The molecule has 0 fully saturated rings. The van der Waals surface area contributed by atoms with Crippen LogP contribution in [0, 0.1) is 5.82 Å². The molecule has 8 nitrogen and oxygen atoms in total. The molecule has 4 rings (SSSR count). The quantitative estimate of drug-likeness (QED) is 0.473. The van der Waals surface area contributed by atoms with Crippen LogP contribution in [0.3, 0.4) is 0 Å². The number of nitrogens with zero attached hydrogens (tertiary/aromatic N) is 3. The van der Waals surface area contributed by atoms with Crippen molar-refractivity contribution in [2.75, 3.05) is 10.6 Å². The zero-order valence-electron chi connectivity index (χ0n) is 15.5. The fourth-order valence-corrected chi connectivity index (χ4v) is 2.73. The molecule has 0 aliphatic rings. The van der Waals surface area contributed by atoms with Crippen LogP contribution in [-0.2, 0) is 0 Å². The summed E-state index contributed by atoms with van der Waals surface area (Å²) in [5.74, 6) is -1.78. The van der Waals surface area contributed by atoms with E-state index in [0.29, 0.717) is 5.69 Å². The largest absolute Gasteiger partial charge is 0.319 e. The highest BCUT2D eigenvalue weighted by atomic mass is 19.1. The van der Waals surface area contributed by atoms with Gasteiger partial charge >= 0.3 is 0 Å². The van der Waals surface area contributed by atoms with Gasteiger partial charge in [-0.25, -0.2) is 4.39 Å². The van der Waals surface area contributed by atoms with Crippen LogP contribution in [0.1, 0.15) is 20.8 Å². The van der Waals surface area contributed by atoms with Crippen molar-refractivity contribution in [1.82, 2.24) is 20.2 Å². The number of carbonyl (C=O) groups excluding carboxylic acids is 2. The third kappa shape index (κ3) is 4.20. The van der Waals surface area contributed by atoms with Gasteiger partial charge in [0.15, 0.2) is 0 Å². The lowest BCUT2D eigenvalue weighted by Gasteiger charge is -2.08. The number of pyridine rings is 2. The Morgan fingerprint density at radius 2 is 1.73 bits per heavy atom. The lowest BCUT2D eigenvalue weighted by Crippen LogP contribution is -2.18. The molecular weight excluding hydrogens is 387 g/mol. The minimum absolute atomic E-state index is 0.0169. The average Bonchev–Trinajstić information content (AvgIpc) is 3.23. The first-order chi connectivity index (χ1) is 14.6. The van der Waals surface area contributed by atoms with Gasteiger partial charge in [0.2, 0.25) is 0 Å². The van der Waals surface area contributed by atoms with Crippen molar-refractivity contribution in [1.29, 1.82) is 0 Å². The SMILES string of the molecule is O=C(Nc1cn[nH]c1C(=O)Nc1ccc(-c2ccccc2)nc1)c1cncc(F)c1. The maximum Gasteiger partial charge on any atom is 0.275 e. The lowest BCUT2D eigenvalue weighted by atomic mass is 10.1. The maximum absolute atomic E-state index is 13.3. The number of amides is 2. The maximum atomic E-state index is 13.3. The van der Waals surface area contributed by atoms with Gasteiger partial charge in [-0.1, -0.05) is 30.3 Å². The molecule has 0 bridgehead atoms. The predicted molar refractivity (Wildman–Crippen MR) is 108 cm³/mol. The Labute approximate surface area is 170 Å². The van der Waals surface area contributed by atoms with E-state index in [2.05, 4.69) is 30.8 Å². The van der Waals surface area contributed by atoms with Crippen molar-refractivity contribution in [2.45, 2.75) is 0 Å². The number of nitrogens with one attached hydrogen (secondary N) is 3. The molecule has 0 radical (unpaired) electrons. The second kappa shape index (κ2) is 8.31. The van der Waals surface area contributed by atoms with Crippen molar-refractivity contribution in [3.8, 4) is 11.3 Å². The fourth-order valence-electron chi connectivity index (χ4n) is 2.73. The lowest BCUT2D eigenvalue weighted by molar-refractivity contribution is 0.102. The molecule has 0 spiro atoms. The molecule has 0 unspecified atom stereocenters. The summed E-state index contributed by atoms with van der Waals surface area (Å²) < 4.78 is 13.3. The first kappa shape index (κ1) is 18.9. The van der Waals surface area contributed by atoms with Crippen molar-refractivity contribution in [3.05, 3.63) is 90.4 Å². The Hall–Kier alpha value is -4.40. The second-order valence-electron chi connectivity index (χ2n) is 6.26. The van der Waals surface area contributed by atoms with E-state index in [1.54, 1.807) is 12.1 Å². The Balaban J connectivity index is 1.46. The topological polar surface area (TPSA) is 113 Å². The number of anilines is 2. The second-order valence-corrected chi connectivity index (χ2v) is 6.26. The van der Waals surface area contributed by atoms with E-state index in [0.717, 1.165) is 23.5 Å². The normalized spacial score (nSPS) is 10.4. The van der Waals surface area contributed by atoms with Crippen LogP contribution < -0.4 is 10.6 Å². The summed E-state index contributed by atoms with van der Waals surface area (Å²) >= 11 is 0. The number of H-pyrrole nitrogens is 1. The summed E-state index contributed by atoms with van der Waals surface area (Å²) in [6.07, 6.45) is 5.03. The first-order valence-electron chi connectivity index (χ1n) is 8.88. The Kier molecular flexibility index (Phi) is 5.25. The number of rotatable bonds is 5. The van der Waals surface area contributed by atoms with Crippen molar-refractivity contribution in [3.63, 3.8) is 0 Å². The molecule has 0 aliphatic heterocycles. The van der Waals surface area contributed by atoms with Gasteiger partial charge in [-0.3, -0.25) is 24.7 Å². The molecule has 0 aliphatic carbocycles. The van der Waals surface area contributed by atoms with E-state index >= 15 is 0 Å². The molecule has 30 heavy (non-hydrogen) atoms. The molecule has 3 aromatic heterocycles. The molecule has 3 N–H and O–H groups in total. The molecule has 148 valence electrons. The van der Waals surface area contributed by atoms with Crippen LogP contribution in [0.15, 0.2) is 73.3 Å². The fraction of sp³-hybridized carbons (Fsp3) is 0. The van der Waals surface area contributed by atoms with Gasteiger partial charge in [0.05, 0.1) is 41.2 Å². The highest BCUT2D eigenvalue weighted by Crippen LogP contribution is 2.19. The minimum Gasteiger partial charge on any atom is -0.319 e. The van der Waals surface area contributed by atoms with E-state index in [1.165, 1.54) is 18.6 Å². The number of halogens is 1. The van der Waals surface area contributed by atoms with Crippen LogP contribution in [-0.4, -0.2) is 32.0 Å². The van der Waals surface area contributed by atoms with Crippen LogP contribution in [0.4, 0.5) is 15.8 Å². The molecule has 0 saturated carbocycles. The van der Waals surface area contributed by atoms with Gasteiger partial charge in [0.1, 0.15) is 11.5 Å². The van der Waals surface area contributed by atoms with Crippen molar-refractivity contribution < 1.29 is 14.0 Å². The predicted octanol–water partition coefficient (Wildman–Crippen LogP) is 3.51. The molecule has 4 aromatic rings. The average molecular weight is 402 g/mol. The number of aromatic nitrogens is 4. The number of hydrogen-bond donors (Lipinski definition) is 3. The zero-order valence-corrected chi connectivity index (χ0v) is 15.5. The zero-order chi connectivity index (χ0) is 20.9. The van der Waals surface area contributed by atoms with Gasteiger partial charge in [-0.15, -0.1) is 0 Å². The third-order valence-electron chi connectivity index (χ3n) is 4.17. The van der Waals surface area contributed by atoms with Gasteiger partial charge in [0.25, 0.3) is 11.8 Å². The molecule has 0 saturated heterocycles. The number of benzene rings is 1. The Morgan fingerprint density at radius 3 is 2.47 bits per heavy atom. The standard InChI is InChI=1S/C21H15FN6O2/c22-15-8-14(9-23-10-15)20(29)27-18-12-25-28-19(18)21(30)26-16-6-7-17(24-11-16)13-4-2-1-3-5-13/h1-12H,(H,25,28)(H,26,30)(H,27,29). The minimum atomic E-state index is -0.640. The highest BCUT2D eigenvalue weighted by molar-refractivity contribution is 6.11. The summed E-state index contributed by atoms with van der Waals surface area (Å²) in [6.45, 7) is 0. The summed E-state index contributed by atoms with van der Waals surface area (Å²) in [5, 5.41) is 11.5. The molecule has 3 heterocycles. The van der Waals surface area contributed by atoms with E-state index in [-0.39, 0.29) is 16.9 Å². The van der Waals surface area contributed by atoms with Crippen LogP contribution in [0.2, 0.25) is 0 Å². The van der Waals surface area contributed by atoms with E-state index in [9.17, 15) is 14.0 Å². The Morgan fingerprint density at radius 1 is 0.900 bits per heavy atom. The van der Waals surface area contributed by atoms with E-state index < -0.39 is 17.6 Å². The highest BCUT2D eigenvalue weighted by Gasteiger charge is 2.17. The van der Waals surface area contributed by atoms with E-state index in [4.69, 9.17) is 0 Å². The van der Waals surface area contributed by atoms with Crippen molar-refractivity contribution in [2.24, 2.45) is 0 Å². The van der Waals surface area contributed by atoms with Crippen LogP contribution >= 0.6 is 0 Å². The molecular formula is C21H15FN6O2. The molecule has 1 aromatic carbocycles. The molecule has 2 amide bonds. The van der Waals surface area contributed by atoms with Crippen LogP contribution in [0.25, 0.3) is 11.3 Å². The van der Waals surface area contributed by atoms with Gasteiger partial charge < -0.3 is 10.6 Å². The smallest absolute Gasteiger partial charge is 0.275 e. The number of carbonyl (C=O) groups is 2. The Bertz CT molecular complexity index is 1190. The van der Waals surface area contributed by atoms with Gasteiger partial charge in [0, 0.05) is 11.8 Å². The van der Waals surface area contributed by atoms with Gasteiger partial charge in [-0.2, -0.15) is 5.10 Å². The van der Waals surface area contributed by atoms with E-state index in [1.807, 2.05) is 30.3 Å². The molecule has 0 atom stereocenters. The molecule has 9 heteroatoms. The van der Waals surface area contributed by atoms with Crippen molar-refractivity contribution >= 4 is 23.2 Å². The monoisotopic (exact) mass is 402 g/mol. The first-order valence-corrected chi connectivity index (χ1v) is 8.88. The summed E-state index contributed by atoms with van der Waals surface area (Å²) in [5.41, 5.74) is 2.41. The summed E-state index contributed by atoms with van der Waals surface area (Å²) in [6, 6.07) is 14.2.